The van der Waals surface area contributed by atoms with E-state index in [9.17, 15) is 19.5 Å². The Morgan fingerprint density at radius 3 is 2.00 bits per heavy atom. The zero-order valence-electron chi connectivity index (χ0n) is 20.8. The number of hydrogen-bond donors (Lipinski definition) is 3. The second-order valence-corrected chi connectivity index (χ2v) is 9.69. The minimum atomic E-state index is -1.15. The summed E-state index contributed by atoms with van der Waals surface area (Å²) < 4.78 is 11.5. The number of nitrogens with one attached hydrogen (secondary N) is 2. The number of carbonyl (C=O) groups is 3. The highest BCUT2D eigenvalue weighted by atomic mass is 16.6. The fraction of sp³-hybridized carbons (Fsp3) is 0.444. The molecule has 0 spiro atoms. The molecule has 1 aliphatic carbocycles. The highest BCUT2D eigenvalue weighted by Gasteiger charge is 2.34. The molecular weight excluding hydrogens is 448 g/mol. The second-order valence-electron chi connectivity index (χ2n) is 9.69. The lowest BCUT2D eigenvalue weighted by Crippen LogP contribution is -2.57. The predicted molar refractivity (Wildman–Crippen MR) is 132 cm³/mol. The molecule has 0 bridgehead atoms. The number of ether oxygens (including phenoxy) is 2. The maximum Gasteiger partial charge on any atom is 0.407 e. The van der Waals surface area contributed by atoms with E-state index < -0.39 is 41.8 Å². The molecule has 3 rings (SSSR count). The van der Waals surface area contributed by atoms with E-state index in [1.54, 1.807) is 13.8 Å². The van der Waals surface area contributed by atoms with Crippen LogP contribution in [-0.4, -0.2) is 53.5 Å². The zero-order valence-corrected chi connectivity index (χ0v) is 20.8. The number of carboxylic acid groups (broad SMARTS) is 1. The number of rotatable bonds is 9. The van der Waals surface area contributed by atoms with E-state index in [0.717, 1.165) is 22.3 Å². The molecule has 2 aromatic rings. The molecule has 188 valence electrons. The molecule has 0 aromatic heterocycles. The van der Waals surface area contributed by atoms with Gasteiger partial charge in [-0.1, -0.05) is 55.5 Å². The number of benzene rings is 2. The molecule has 0 radical (unpaired) electrons. The third-order valence-electron chi connectivity index (χ3n) is 5.93. The highest BCUT2D eigenvalue weighted by Crippen LogP contribution is 2.44. The molecule has 2 aromatic carbocycles. The van der Waals surface area contributed by atoms with Crippen LogP contribution in [0.15, 0.2) is 48.5 Å². The third-order valence-corrected chi connectivity index (χ3v) is 5.93. The summed E-state index contributed by atoms with van der Waals surface area (Å²) in [7, 11) is 0. The number of fused-ring (bicyclic) bond motifs is 3. The Bertz CT molecular complexity index is 1030. The Balaban J connectivity index is 1.73. The van der Waals surface area contributed by atoms with E-state index in [-0.39, 0.29) is 18.9 Å². The molecule has 1 unspecified atom stereocenters. The lowest BCUT2D eigenvalue weighted by atomic mass is 9.98. The van der Waals surface area contributed by atoms with Crippen molar-refractivity contribution < 1.29 is 29.0 Å². The number of carbonyl (C=O) groups excluding carboxylic acids is 2. The molecule has 1 aliphatic rings. The summed E-state index contributed by atoms with van der Waals surface area (Å²) in [6, 6.07) is 13.8. The first-order valence-electron chi connectivity index (χ1n) is 11.8. The smallest absolute Gasteiger partial charge is 0.407 e. The average molecular weight is 483 g/mol. The van der Waals surface area contributed by atoms with Gasteiger partial charge in [0.2, 0.25) is 5.91 Å². The van der Waals surface area contributed by atoms with E-state index in [1.807, 2.05) is 69.3 Å². The Hall–Kier alpha value is -3.39. The van der Waals surface area contributed by atoms with Gasteiger partial charge in [0.05, 0.1) is 11.7 Å². The van der Waals surface area contributed by atoms with Gasteiger partial charge in [0.15, 0.2) is 0 Å². The van der Waals surface area contributed by atoms with Gasteiger partial charge in [0.1, 0.15) is 18.7 Å². The van der Waals surface area contributed by atoms with Gasteiger partial charge in [-0.3, -0.25) is 4.79 Å². The zero-order chi connectivity index (χ0) is 25.8. The van der Waals surface area contributed by atoms with Crippen LogP contribution < -0.4 is 10.6 Å². The largest absolute Gasteiger partial charge is 0.480 e. The van der Waals surface area contributed by atoms with Gasteiger partial charge in [0, 0.05) is 5.92 Å². The number of amides is 2. The quantitative estimate of drug-likeness (QED) is 0.496. The van der Waals surface area contributed by atoms with E-state index in [4.69, 9.17) is 9.47 Å². The Morgan fingerprint density at radius 1 is 0.971 bits per heavy atom. The average Bonchev–Trinajstić information content (AvgIpc) is 3.11. The van der Waals surface area contributed by atoms with Crippen molar-refractivity contribution >= 4 is 18.0 Å². The van der Waals surface area contributed by atoms with E-state index in [1.165, 1.54) is 0 Å². The number of carboxylic acids is 1. The van der Waals surface area contributed by atoms with Crippen LogP contribution in [0.2, 0.25) is 0 Å². The van der Waals surface area contributed by atoms with Crippen LogP contribution in [0.5, 0.6) is 0 Å². The highest BCUT2D eigenvalue weighted by molar-refractivity contribution is 5.89. The summed E-state index contributed by atoms with van der Waals surface area (Å²) in [5.41, 5.74) is 3.79. The molecule has 0 heterocycles. The van der Waals surface area contributed by atoms with Crippen LogP contribution in [0.1, 0.15) is 58.1 Å². The Morgan fingerprint density at radius 2 is 1.51 bits per heavy atom. The van der Waals surface area contributed by atoms with E-state index >= 15 is 0 Å². The van der Waals surface area contributed by atoms with Crippen LogP contribution in [0.4, 0.5) is 4.79 Å². The lowest BCUT2D eigenvalue weighted by molar-refractivity contribution is -0.143. The fourth-order valence-electron chi connectivity index (χ4n) is 4.39. The molecule has 0 fully saturated rings. The van der Waals surface area contributed by atoms with Crippen LogP contribution in [0.3, 0.4) is 0 Å². The van der Waals surface area contributed by atoms with Crippen molar-refractivity contribution in [3.63, 3.8) is 0 Å². The van der Waals surface area contributed by atoms with E-state index in [0.29, 0.717) is 0 Å². The number of hydrogen-bond acceptors (Lipinski definition) is 5. The first-order chi connectivity index (χ1) is 16.5. The van der Waals surface area contributed by atoms with Crippen LogP contribution >= 0.6 is 0 Å². The predicted octanol–water partition coefficient (Wildman–Crippen LogP) is 4.08. The molecule has 0 saturated heterocycles. The van der Waals surface area contributed by atoms with Gasteiger partial charge in [-0.25, -0.2) is 9.59 Å². The molecule has 2 amide bonds. The summed E-state index contributed by atoms with van der Waals surface area (Å²) in [5.74, 6) is -1.92. The maximum atomic E-state index is 12.9. The molecule has 35 heavy (non-hydrogen) atoms. The van der Waals surface area contributed by atoms with Crippen molar-refractivity contribution in [2.24, 2.45) is 0 Å². The Labute approximate surface area is 206 Å². The second kappa shape index (κ2) is 10.9. The molecule has 8 nitrogen and oxygen atoms in total. The van der Waals surface area contributed by atoms with Gasteiger partial charge >= 0.3 is 12.1 Å². The summed E-state index contributed by atoms with van der Waals surface area (Å²) in [4.78, 5) is 37.2. The topological polar surface area (TPSA) is 114 Å². The van der Waals surface area contributed by atoms with Crippen molar-refractivity contribution in [1.29, 1.82) is 0 Å². The summed E-state index contributed by atoms with van der Waals surface area (Å²) in [6.45, 7) is 8.89. The van der Waals surface area contributed by atoms with Gasteiger partial charge in [-0.2, -0.15) is 0 Å². The standard InChI is InChI=1S/C27H34N2O6/c1-6-22(25(31)32)28-24(30)23(16(2)35-27(3,4)5)29-26(33)34-15-21-19-13-9-7-11-17(19)18-12-8-10-14-20(18)21/h7-14,16,21-23H,6,15H2,1-5H3,(H,28,30)(H,29,33)(H,31,32)/t16-,22?,23+/m1/s1. The number of alkyl carbamates (subject to hydrolysis) is 1. The van der Waals surface area contributed by atoms with Crippen LogP contribution in [0.25, 0.3) is 11.1 Å². The van der Waals surface area contributed by atoms with Crippen molar-refractivity contribution in [3.05, 3.63) is 59.7 Å². The summed E-state index contributed by atoms with van der Waals surface area (Å²) in [5, 5.41) is 14.4. The van der Waals surface area contributed by atoms with Gasteiger partial charge in [-0.15, -0.1) is 0 Å². The van der Waals surface area contributed by atoms with Gasteiger partial charge < -0.3 is 25.2 Å². The van der Waals surface area contributed by atoms with Gasteiger partial charge in [-0.05, 0) is 56.4 Å². The SMILES string of the molecule is CCC(NC(=O)[C@@H](NC(=O)OCC1c2ccccc2-c2ccccc21)[C@@H](C)OC(C)(C)C)C(=O)O. The summed E-state index contributed by atoms with van der Waals surface area (Å²) in [6.07, 6.45) is -1.31. The van der Waals surface area contributed by atoms with Crippen LogP contribution in [0, 0.1) is 0 Å². The van der Waals surface area contributed by atoms with Crippen molar-refractivity contribution in [3.8, 4) is 11.1 Å². The molecule has 0 aliphatic heterocycles. The molecule has 3 atom stereocenters. The maximum absolute atomic E-state index is 12.9. The van der Waals surface area contributed by atoms with Crippen molar-refractivity contribution in [1.82, 2.24) is 10.6 Å². The molecule has 3 N–H and O–H groups in total. The first-order valence-corrected chi connectivity index (χ1v) is 11.8. The monoisotopic (exact) mass is 482 g/mol. The molecule has 0 saturated carbocycles. The Kier molecular flexibility index (Phi) is 8.17. The lowest BCUT2D eigenvalue weighted by Gasteiger charge is -2.31. The third kappa shape index (κ3) is 6.39. The molecule has 8 heteroatoms. The van der Waals surface area contributed by atoms with Gasteiger partial charge in [0.25, 0.3) is 0 Å². The normalized spacial score (nSPS) is 15.3. The van der Waals surface area contributed by atoms with Crippen molar-refractivity contribution in [2.75, 3.05) is 6.61 Å². The molecular formula is C27H34N2O6. The number of aliphatic carboxylic acids is 1. The summed E-state index contributed by atoms with van der Waals surface area (Å²) >= 11 is 0. The van der Waals surface area contributed by atoms with Crippen molar-refractivity contribution in [2.45, 2.75) is 70.7 Å². The minimum absolute atomic E-state index is 0.0927. The minimum Gasteiger partial charge on any atom is -0.480 e. The first kappa shape index (κ1) is 26.2. The fourth-order valence-corrected chi connectivity index (χ4v) is 4.39. The van der Waals surface area contributed by atoms with E-state index in [2.05, 4.69) is 10.6 Å². The van der Waals surface area contributed by atoms with Crippen LogP contribution in [-0.2, 0) is 19.1 Å².